The van der Waals surface area contributed by atoms with Crippen LogP contribution < -0.4 is 28.5 Å². The minimum atomic E-state index is -2.55. The highest BCUT2D eigenvalue weighted by Gasteiger charge is 2.44. The summed E-state index contributed by atoms with van der Waals surface area (Å²) in [6, 6.07) is 0. The summed E-state index contributed by atoms with van der Waals surface area (Å²) in [5, 5.41) is 0. The van der Waals surface area contributed by atoms with E-state index in [4.69, 9.17) is 17.7 Å². The van der Waals surface area contributed by atoms with Gasteiger partial charge in [-0.1, -0.05) is 0 Å². The lowest BCUT2D eigenvalue weighted by Crippen LogP contribution is -3.00. The molecule has 0 radical (unpaired) electrons. The zero-order valence-corrected chi connectivity index (χ0v) is 12.5. The molecule has 1 rings (SSSR count). The molecule has 0 N–H and O–H groups in total. The van der Waals surface area contributed by atoms with Gasteiger partial charge in [-0.2, -0.15) is 4.57 Å². The molecular weight excluding hydrogens is 329 g/mol. The molecule has 1 heterocycles. The van der Waals surface area contributed by atoms with Crippen molar-refractivity contribution >= 4 is 8.80 Å². The normalized spacial score (nSPS) is 11.2. The Balaban J connectivity index is 0.00000196. The molecule has 0 aliphatic rings. The van der Waals surface area contributed by atoms with Gasteiger partial charge in [0, 0.05) is 21.3 Å². The number of aromatic nitrogens is 1. The summed E-state index contributed by atoms with van der Waals surface area (Å²) in [4.78, 5) is 0. The molecular formula is C8H16INO4Si. The van der Waals surface area contributed by atoms with Crippen LogP contribution in [0.15, 0.2) is 16.9 Å². The Morgan fingerprint density at radius 2 is 1.80 bits per heavy atom. The van der Waals surface area contributed by atoms with E-state index in [2.05, 4.69) is 0 Å². The number of hydrogen-bond donors (Lipinski definition) is 0. The lowest BCUT2D eigenvalue weighted by atomic mass is 10.7. The van der Waals surface area contributed by atoms with Crippen LogP contribution in [0, 0.1) is 6.92 Å². The summed E-state index contributed by atoms with van der Waals surface area (Å²) in [7, 11) is 2.23. The van der Waals surface area contributed by atoms with Crippen LogP contribution in [-0.2, 0) is 19.4 Å². The minimum absolute atomic E-state index is 0. The lowest BCUT2D eigenvalue weighted by Gasteiger charge is -2.20. The van der Waals surface area contributed by atoms with Crippen molar-refractivity contribution in [1.29, 1.82) is 0 Å². The molecule has 0 bridgehead atoms. The molecule has 0 unspecified atom stereocenters. The first-order valence-electron chi connectivity index (χ1n) is 4.26. The van der Waals surface area contributed by atoms with Crippen molar-refractivity contribution in [2.24, 2.45) is 0 Å². The maximum Gasteiger partial charge on any atom is 0.569 e. The molecule has 0 fully saturated rings. The van der Waals surface area contributed by atoms with E-state index in [1.165, 1.54) is 0 Å². The zero-order chi connectivity index (χ0) is 10.6. The molecule has 1 aromatic heterocycles. The van der Waals surface area contributed by atoms with E-state index in [1.807, 2.05) is 17.7 Å². The van der Waals surface area contributed by atoms with Gasteiger partial charge >= 0.3 is 14.7 Å². The summed E-state index contributed by atoms with van der Waals surface area (Å²) in [5.41, 5.74) is 0. The molecule has 15 heavy (non-hydrogen) atoms. The Bertz CT molecular complexity index is 282. The molecule has 0 atom stereocenters. The molecule has 0 aliphatic carbocycles. The van der Waals surface area contributed by atoms with Gasteiger partial charge in [-0.25, -0.2) is 0 Å². The number of nitrogens with zero attached hydrogens (tertiary/aromatic N) is 1. The van der Waals surface area contributed by atoms with Crippen LogP contribution in [0.1, 0.15) is 5.89 Å². The largest absolute Gasteiger partial charge is 1.00 e. The molecule has 0 aliphatic heterocycles. The van der Waals surface area contributed by atoms with Crippen molar-refractivity contribution in [1.82, 2.24) is 0 Å². The zero-order valence-electron chi connectivity index (χ0n) is 9.32. The van der Waals surface area contributed by atoms with E-state index < -0.39 is 8.80 Å². The Hall–Kier alpha value is 0.0369. The number of oxazole rings is 1. The summed E-state index contributed by atoms with van der Waals surface area (Å²) in [5.74, 6) is 0.799. The van der Waals surface area contributed by atoms with Crippen LogP contribution >= 0.6 is 0 Å². The standard InChI is InChI=1S/C8H16NO4Si.HI/c1-8-9(5-6-13-8)7-14(10-2,11-3)12-4;/h5-6H,7H2,1-4H3;1H/q+1;/p-1. The SMILES string of the molecule is CO[Si](C[n+]1ccoc1C)(OC)OC.[I-]. The predicted molar refractivity (Wildman–Crippen MR) is 50.4 cm³/mol. The molecule has 88 valence electrons. The van der Waals surface area contributed by atoms with Gasteiger partial charge in [0.1, 0.15) is 0 Å². The predicted octanol–water partition coefficient (Wildman–Crippen LogP) is -2.70. The van der Waals surface area contributed by atoms with E-state index in [9.17, 15) is 0 Å². The van der Waals surface area contributed by atoms with Crippen molar-refractivity contribution in [3.63, 3.8) is 0 Å². The van der Waals surface area contributed by atoms with Gasteiger partial charge < -0.3 is 41.7 Å². The minimum Gasteiger partial charge on any atom is -1.00 e. The molecule has 7 heteroatoms. The molecule has 5 nitrogen and oxygen atoms in total. The molecule has 1 aromatic rings. The smallest absolute Gasteiger partial charge is 0.569 e. The second-order valence-electron chi connectivity index (χ2n) is 2.85. The highest BCUT2D eigenvalue weighted by molar-refractivity contribution is 6.58. The maximum absolute atomic E-state index is 5.30. The summed E-state index contributed by atoms with van der Waals surface area (Å²) < 4.78 is 23.0. The second-order valence-corrected chi connectivity index (χ2v) is 5.75. The fraction of sp³-hybridized carbons (Fsp3) is 0.625. The Morgan fingerprint density at radius 3 is 2.13 bits per heavy atom. The van der Waals surface area contributed by atoms with Crippen LogP contribution in [0.3, 0.4) is 0 Å². The van der Waals surface area contributed by atoms with E-state index in [1.54, 1.807) is 27.6 Å². The van der Waals surface area contributed by atoms with E-state index in [0.717, 1.165) is 5.89 Å². The van der Waals surface area contributed by atoms with Gasteiger partial charge in [0.2, 0.25) is 12.4 Å². The third-order valence-electron chi connectivity index (χ3n) is 2.18. The molecule has 0 aromatic carbocycles. The van der Waals surface area contributed by atoms with E-state index >= 15 is 0 Å². The van der Waals surface area contributed by atoms with Gasteiger partial charge in [0.05, 0.1) is 6.92 Å². The van der Waals surface area contributed by atoms with E-state index in [0.29, 0.717) is 6.17 Å². The fourth-order valence-corrected chi connectivity index (χ4v) is 2.82. The summed E-state index contributed by atoms with van der Waals surface area (Å²) in [6.45, 7) is 1.88. The van der Waals surface area contributed by atoms with E-state index in [-0.39, 0.29) is 24.0 Å². The van der Waals surface area contributed by atoms with Crippen molar-refractivity contribution < 1.29 is 46.2 Å². The number of halogens is 1. The topological polar surface area (TPSA) is 44.7 Å². The summed E-state index contributed by atoms with van der Waals surface area (Å²) in [6.07, 6.45) is 4.00. The van der Waals surface area contributed by atoms with Crippen LogP contribution in [0.25, 0.3) is 0 Å². The van der Waals surface area contributed by atoms with Crippen LogP contribution in [0.2, 0.25) is 0 Å². The van der Waals surface area contributed by atoms with Gasteiger partial charge in [-0.15, -0.1) is 0 Å². The van der Waals surface area contributed by atoms with Crippen LogP contribution in [-0.4, -0.2) is 30.1 Å². The van der Waals surface area contributed by atoms with Crippen LogP contribution in [0.4, 0.5) is 0 Å². The Labute approximate surface area is 108 Å². The summed E-state index contributed by atoms with van der Waals surface area (Å²) >= 11 is 0. The number of rotatable bonds is 5. The highest BCUT2D eigenvalue weighted by Crippen LogP contribution is 2.06. The first kappa shape index (κ1) is 15.0. The lowest BCUT2D eigenvalue weighted by molar-refractivity contribution is -0.694. The van der Waals surface area contributed by atoms with Gasteiger partial charge in [-0.05, 0) is 0 Å². The first-order chi connectivity index (χ1) is 6.67. The molecule has 0 saturated heterocycles. The van der Waals surface area contributed by atoms with Crippen molar-refractivity contribution in [3.8, 4) is 0 Å². The average Bonchev–Trinajstić information content (AvgIpc) is 2.61. The number of aryl methyl sites for hydroxylation is 1. The number of hydrogen-bond acceptors (Lipinski definition) is 4. The molecule has 0 saturated carbocycles. The van der Waals surface area contributed by atoms with Crippen molar-refractivity contribution in [2.45, 2.75) is 13.1 Å². The van der Waals surface area contributed by atoms with Gasteiger partial charge in [0.15, 0.2) is 6.26 Å². The fourth-order valence-electron chi connectivity index (χ4n) is 1.19. The first-order valence-corrected chi connectivity index (χ1v) is 6.19. The highest BCUT2D eigenvalue weighted by atomic mass is 127. The van der Waals surface area contributed by atoms with Crippen molar-refractivity contribution in [2.75, 3.05) is 21.3 Å². The maximum atomic E-state index is 5.30. The monoisotopic (exact) mass is 345 g/mol. The average molecular weight is 345 g/mol. The molecule has 0 amide bonds. The van der Waals surface area contributed by atoms with Crippen molar-refractivity contribution in [3.05, 3.63) is 18.4 Å². The third kappa shape index (κ3) is 3.52. The Morgan fingerprint density at radius 1 is 1.27 bits per heavy atom. The third-order valence-corrected chi connectivity index (χ3v) is 4.77. The Kier molecular flexibility index (Phi) is 6.60. The second kappa shape index (κ2) is 6.58. The van der Waals surface area contributed by atoms with Gasteiger partial charge in [-0.3, -0.25) is 0 Å². The van der Waals surface area contributed by atoms with Gasteiger partial charge in [0.25, 0.3) is 0 Å². The quantitative estimate of drug-likeness (QED) is 0.331. The molecule has 0 spiro atoms. The van der Waals surface area contributed by atoms with Crippen LogP contribution in [0.5, 0.6) is 0 Å².